The average molecular weight is 1310 g/mol. The zero-order valence-electron chi connectivity index (χ0n) is 53.6. The quantitative estimate of drug-likeness (QED) is 0.0773. The van der Waals surface area contributed by atoms with Crippen molar-refractivity contribution in [1.29, 1.82) is 0 Å². The molecule has 516 valence electrons. The lowest BCUT2D eigenvalue weighted by Gasteiger charge is -2.33. The van der Waals surface area contributed by atoms with E-state index in [1.807, 2.05) is 27.7 Å². The summed E-state index contributed by atoms with van der Waals surface area (Å²) in [6.45, 7) is 20.2. The van der Waals surface area contributed by atoms with Gasteiger partial charge in [-0.25, -0.2) is 17.6 Å². The fraction of sp³-hybridized carbons (Fsp3) is 0.652. The van der Waals surface area contributed by atoms with Crippen LogP contribution in [0.15, 0.2) is 72.8 Å². The fourth-order valence-electron chi connectivity index (χ4n) is 11.1. The number of hydrogen-bond acceptors (Lipinski definition) is 16. The molecule has 4 atom stereocenters. The second-order valence-corrected chi connectivity index (χ2v) is 25.7. The van der Waals surface area contributed by atoms with Crippen molar-refractivity contribution in [3.8, 4) is 0 Å². The first-order valence-electron chi connectivity index (χ1n) is 32.6. The number of rotatable bonds is 16. The Morgan fingerprint density at radius 3 is 0.882 bits per heavy atom. The van der Waals surface area contributed by atoms with Crippen LogP contribution >= 0.6 is 0 Å². The average Bonchev–Trinajstić information content (AvgIpc) is 1.64. The van der Waals surface area contributed by atoms with Gasteiger partial charge < -0.3 is 75.1 Å². The van der Waals surface area contributed by atoms with Crippen LogP contribution in [0.1, 0.15) is 182 Å². The molecular formula is C69H104B4F4O16. The smallest absolute Gasteiger partial charge is 0.407 e. The topological polar surface area (TPSA) is 148 Å². The highest BCUT2D eigenvalue weighted by atomic mass is 19.1. The third-order valence-electron chi connectivity index (χ3n) is 17.1. The highest BCUT2D eigenvalue weighted by Gasteiger charge is 2.52. The fourth-order valence-corrected chi connectivity index (χ4v) is 11.1. The van der Waals surface area contributed by atoms with E-state index in [0.29, 0.717) is 59.5 Å². The molecule has 0 N–H and O–H groups in total. The minimum absolute atomic E-state index is 0. The third kappa shape index (κ3) is 24.3. The van der Waals surface area contributed by atoms with Gasteiger partial charge in [-0.05, 0) is 217 Å². The van der Waals surface area contributed by atoms with Crippen molar-refractivity contribution in [1.82, 2.24) is 0 Å². The zero-order valence-corrected chi connectivity index (χ0v) is 53.6. The highest BCUT2D eigenvalue weighted by Crippen LogP contribution is 2.37. The van der Waals surface area contributed by atoms with Crippen molar-refractivity contribution in [3.63, 3.8) is 0 Å². The molecule has 0 spiro atoms. The van der Waals surface area contributed by atoms with E-state index in [2.05, 4.69) is 13.8 Å². The molecule has 8 aliphatic rings. The van der Waals surface area contributed by atoms with Gasteiger partial charge >= 0.3 is 28.5 Å². The SMILES string of the molecule is C.C.C.CC1(C)COB(c2ccc(F)cc2COC2CCCCO2)OC1.CC1(C)OB(c2ccc(F)cc2COC2CCCCO2)OC1(C)C.Fc1ccc(B2OCCCCO2)c(COC2CCCCO2)c1.Fc1ccc(B2OCCCO2)c(COC2CCCCO2)c1. The molecule has 0 aromatic heterocycles. The Morgan fingerprint density at radius 1 is 0.344 bits per heavy atom. The first kappa shape index (κ1) is 78.2. The van der Waals surface area contributed by atoms with Crippen molar-refractivity contribution >= 4 is 50.3 Å². The molecule has 8 heterocycles. The Kier molecular flexibility index (Phi) is 32.8. The van der Waals surface area contributed by atoms with E-state index in [-0.39, 0.29) is 82.7 Å². The summed E-state index contributed by atoms with van der Waals surface area (Å²) in [5.74, 6) is -1.13. The lowest BCUT2D eigenvalue weighted by Crippen LogP contribution is -2.48. The minimum Gasteiger partial charge on any atom is -0.407 e. The number of ether oxygens (including phenoxy) is 8. The molecular weight excluding hydrogens is 1200 g/mol. The van der Waals surface area contributed by atoms with Crippen LogP contribution in [-0.4, -0.2) is 131 Å². The number of benzene rings is 4. The van der Waals surface area contributed by atoms with Crippen LogP contribution in [0.3, 0.4) is 0 Å². The molecule has 93 heavy (non-hydrogen) atoms. The van der Waals surface area contributed by atoms with Gasteiger partial charge in [0.25, 0.3) is 0 Å². The molecule has 0 bridgehead atoms. The van der Waals surface area contributed by atoms with Crippen LogP contribution in [-0.2, 0) is 102 Å². The normalized spacial score (nSPS) is 23.5. The summed E-state index contributed by atoms with van der Waals surface area (Å²) in [5, 5.41) is 0. The molecule has 0 radical (unpaired) electrons. The van der Waals surface area contributed by atoms with Gasteiger partial charge in [0.1, 0.15) is 23.3 Å². The summed E-state index contributed by atoms with van der Waals surface area (Å²) in [6.07, 6.45) is 14.3. The maximum Gasteiger partial charge on any atom is 0.495 e. The second-order valence-electron chi connectivity index (χ2n) is 25.7. The monoisotopic (exact) mass is 1310 g/mol. The van der Waals surface area contributed by atoms with E-state index >= 15 is 0 Å². The molecule has 4 unspecified atom stereocenters. The Bertz CT molecular complexity index is 2760. The number of hydrogen-bond donors (Lipinski definition) is 0. The van der Waals surface area contributed by atoms with E-state index in [4.69, 9.17) is 75.1 Å². The maximum absolute atomic E-state index is 13.7. The lowest BCUT2D eigenvalue weighted by molar-refractivity contribution is -0.169. The summed E-state index contributed by atoms with van der Waals surface area (Å²) in [6, 6.07) is 18.6. The van der Waals surface area contributed by atoms with Gasteiger partial charge in [-0.15, -0.1) is 0 Å². The predicted molar refractivity (Wildman–Crippen MR) is 355 cm³/mol. The predicted octanol–water partition coefficient (Wildman–Crippen LogP) is 12.1. The largest absolute Gasteiger partial charge is 0.495 e. The molecule has 4 aromatic carbocycles. The Balaban J connectivity index is 0.000000195. The zero-order chi connectivity index (χ0) is 63.4. The standard InChI is InChI=1S/C18H26BFO4.C17H24BFO4.C16H22BFO4.C15H20BFO4.3CH4/c1-17(2)18(3,4)24-19(23-17)15-9-8-14(20)11-13(15)12-22-16-7-5-6-10-21-16;1-17(2)11-22-18(23-12-17)15-7-6-14(19)9-13(15)10-21-16-5-3-4-8-20-16;18-14-6-7-15(17-21-9-3-4-10-22-17)13(11-14)12-20-16-5-1-2-8-19-16;17-13-5-6-14(16-20-8-3-9-21-16)12(10-13)11-19-15-4-1-2-7-18-15;;;/h8-9,11,16H,5-7,10,12H2,1-4H3;6-7,9,16H,3-5,8,10-12H2,1-2H3;6-7,11,16H,1-5,8-10,12H2;5-6,10,15H,1-4,7-9,11H2;3*1H4. The molecule has 24 heteroatoms. The lowest BCUT2D eigenvalue weighted by atomic mass is 9.73. The van der Waals surface area contributed by atoms with Crippen molar-refractivity contribution in [2.45, 2.75) is 223 Å². The second kappa shape index (κ2) is 39.0. The van der Waals surface area contributed by atoms with Crippen molar-refractivity contribution in [2.24, 2.45) is 5.41 Å². The van der Waals surface area contributed by atoms with Crippen LogP contribution in [0, 0.1) is 28.7 Å². The molecule has 16 nitrogen and oxygen atoms in total. The van der Waals surface area contributed by atoms with Gasteiger partial charge in [0.2, 0.25) is 0 Å². The first-order chi connectivity index (χ1) is 43.5. The van der Waals surface area contributed by atoms with Crippen LogP contribution in [0.4, 0.5) is 17.6 Å². The minimum atomic E-state index is -0.526. The molecule has 8 fully saturated rings. The van der Waals surface area contributed by atoms with E-state index in [1.54, 1.807) is 24.3 Å². The van der Waals surface area contributed by atoms with E-state index < -0.39 is 39.7 Å². The van der Waals surface area contributed by atoms with E-state index in [0.717, 1.165) is 167 Å². The first-order valence-corrected chi connectivity index (χ1v) is 32.6. The molecule has 0 amide bonds. The van der Waals surface area contributed by atoms with Crippen molar-refractivity contribution in [2.75, 3.05) is 66.1 Å². The summed E-state index contributed by atoms with van der Waals surface area (Å²) >= 11 is 0. The van der Waals surface area contributed by atoms with E-state index in [1.165, 1.54) is 48.5 Å². The van der Waals surface area contributed by atoms with Crippen molar-refractivity contribution < 1.29 is 92.7 Å². The number of halogens is 4. The summed E-state index contributed by atoms with van der Waals surface area (Å²) in [7, 11) is -1.85. The summed E-state index contributed by atoms with van der Waals surface area (Å²) in [4.78, 5) is 0. The molecule has 0 saturated carbocycles. The van der Waals surface area contributed by atoms with Gasteiger partial charge in [-0.3, -0.25) is 0 Å². The Labute approximate surface area is 553 Å². The van der Waals surface area contributed by atoms with Gasteiger partial charge in [-0.2, -0.15) is 0 Å². The Morgan fingerprint density at radius 2 is 0.602 bits per heavy atom. The van der Waals surface area contributed by atoms with Crippen LogP contribution in [0.25, 0.3) is 0 Å². The van der Waals surface area contributed by atoms with E-state index in [9.17, 15) is 17.6 Å². The Hall–Kier alpha value is -3.78. The van der Waals surface area contributed by atoms with Gasteiger partial charge in [0, 0.05) is 71.5 Å². The van der Waals surface area contributed by atoms with Crippen molar-refractivity contribution in [3.05, 3.63) is 118 Å². The summed E-state index contributed by atoms with van der Waals surface area (Å²) in [5.41, 5.74) is 5.48. The molecule has 8 aliphatic heterocycles. The molecule has 0 aliphatic carbocycles. The van der Waals surface area contributed by atoms with Gasteiger partial charge in [-0.1, -0.05) is 60.4 Å². The maximum atomic E-state index is 13.7. The van der Waals surface area contributed by atoms with Crippen LogP contribution < -0.4 is 21.9 Å². The molecule has 12 rings (SSSR count). The highest BCUT2D eigenvalue weighted by molar-refractivity contribution is 6.63. The molecule has 8 saturated heterocycles. The summed E-state index contributed by atoms with van der Waals surface area (Å²) < 4.78 is 146. The van der Waals surface area contributed by atoms with Gasteiger partial charge in [0.05, 0.1) is 37.6 Å². The van der Waals surface area contributed by atoms with Crippen LogP contribution in [0.5, 0.6) is 0 Å². The van der Waals surface area contributed by atoms with Gasteiger partial charge in [0.15, 0.2) is 25.2 Å². The molecule has 4 aromatic rings. The van der Waals surface area contributed by atoms with Crippen LogP contribution in [0.2, 0.25) is 0 Å². The third-order valence-corrected chi connectivity index (χ3v) is 17.1.